The molecule has 2 atom stereocenters. The highest BCUT2D eigenvalue weighted by atomic mass is 19.4. The van der Waals surface area contributed by atoms with Crippen LogP contribution in [0.3, 0.4) is 0 Å². The van der Waals surface area contributed by atoms with Gasteiger partial charge in [-0.05, 0) is 50.7 Å². The summed E-state index contributed by atoms with van der Waals surface area (Å²) < 4.78 is 39.1. The number of fused-ring (bicyclic) bond motifs is 1. The molecule has 12 heteroatoms. The van der Waals surface area contributed by atoms with Crippen LogP contribution >= 0.6 is 0 Å². The third-order valence-electron chi connectivity index (χ3n) is 5.37. The summed E-state index contributed by atoms with van der Waals surface area (Å²) in [5, 5.41) is 2.85. The molecule has 4 rings (SSSR count). The van der Waals surface area contributed by atoms with E-state index < -0.39 is 29.5 Å². The van der Waals surface area contributed by atoms with E-state index in [4.69, 9.17) is 5.73 Å². The summed E-state index contributed by atoms with van der Waals surface area (Å²) in [6.07, 6.45) is -2.06. The van der Waals surface area contributed by atoms with E-state index in [1.807, 2.05) is 11.9 Å². The van der Waals surface area contributed by atoms with E-state index in [1.165, 1.54) is 0 Å². The molecule has 0 aliphatic carbocycles. The number of alkyl halides is 3. The van der Waals surface area contributed by atoms with Crippen molar-refractivity contribution < 1.29 is 22.8 Å². The summed E-state index contributed by atoms with van der Waals surface area (Å²) in [4.78, 5) is 41.0. The van der Waals surface area contributed by atoms with Crippen LogP contribution in [0.4, 0.5) is 18.9 Å². The first kappa shape index (κ1) is 21.7. The van der Waals surface area contributed by atoms with Crippen LogP contribution in [-0.2, 0) is 15.8 Å². The smallest absolute Gasteiger partial charge is 0.369 e. The zero-order chi connectivity index (χ0) is 23.0. The summed E-state index contributed by atoms with van der Waals surface area (Å²) in [5.41, 5.74) is 5.68. The number of imidazole rings is 1. The number of halogens is 3. The van der Waals surface area contributed by atoms with Gasteiger partial charge in [-0.3, -0.25) is 14.5 Å². The second-order valence-corrected chi connectivity index (χ2v) is 7.62. The summed E-state index contributed by atoms with van der Waals surface area (Å²) in [7, 11) is 1.89. The minimum atomic E-state index is -4.70. The molecule has 0 bridgehead atoms. The maximum atomic E-state index is 13.0. The molecule has 1 aliphatic rings. The lowest BCUT2D eigenvalue weighted by atomic mass is 10.1. The average molecular weight is 447 g/mol. The zero-order valence-electron chi connectivity index (χ0n) is 17.0. The highest BCUT2D eigenvalue weighted by molar-refractivity contribution is 5.96. The number of anilines is 1. The van der Waals surface area contributed by atoms with Gasteiger partial charge in [0.2, 0.25) is 11.8 Å². The lowest BCUT2D eigenvalue weighted by molar-refractivity contribution is -0.141. The number of nitrogens with two attached hydrogens (primary N) is 1. The highest BCUT2D eigenvalue weighted by Crippen LogP contribution is 2.30. The van der Waals surface area contributed by atoms with Gasteiger partial charge < -0.3 is 16.0 Å². The molecule has 1 aliphatic heterocycles. The number of aromatic nitrogens is 4. The molecule has 168 valence electrons. The Morgan fingerprint density at radius 3 is 2.72 bits per heavy atom. The number of aromatic amines is 1. The van der Waals surface area contributed by atoms with Crippen LogP contribution in [0.5, 0.6) is 0 Å². The largest absolute Gasteiger partial charge is 0.433 e. The van der Waals surface area contributed by atoms with Crippen molar-refractivity contribution in [2.45, 2.75) is 31.0 Å². The number of rotatable bonds is 5. The van der Waals surface area contributed by atoms with Gasteiger partial charge in [-0.15, -0.1) is 0 Å². The molecule has 3 aromatic rings. The molecular formula is C20H20F3N7O2. The van der Waals surface area contributed by atoms with Crippen molar-refractivity contribution in [3.63, 3.8) is 0 Å². The number of hydrogen-bond acceptors (Lipinski definition) is 6. The fourth-order valence-electron chi connectivity index (χ4n) is 3.77. The van der Waals surface area contributed by atoms with Gasteiger partial charge in [-0.2, -0.15) is 13.2 Å². The highest BCUT2D eigenvalue weighted by Gasteiger charge is 2.35. The number of amides is 2. The summed E-state index contributed by atoms with van der Waals surface area (Å²) in [5.74, 6) is -2.90. The first-order chi connectivity index (χ1) is 15.1. The molecule has 0 saturated carbocycles. The lowest BCUT2D eigenvalue weighted by Gasteiger charge is -2.18. The summed E-state index contributed by atoms with van der Waals surface area (Å²) in [6, 6.07) is 5.40. The molecule has 1 aromatic carbocycles. The van der Waals surface area contributed by atoms with Crippen LogP contribution in [0.15, 0.2) is 30.5 Å². The van der Waals surface area contributed by atoms with Crippen LogP contribution in [0.2, 0.25) is 0 Å². The average Bonchev–Trinajstić information content (AvgIpc) is 3.33. The first-order valence-corrected chi connectivity index (χ1v) is 9.83. The lowest BCUT2D eigenvalue weighted by Crippen LogP contribution is -2.37. The predicted octanol–water partition coefficient (Wildman–Crippen LogP) is 2.02. The second-order valence-electron chi connectivity index (χ2n) is 7.62. The normalized spacial score (nSPS) is 18.1. The topological polar surface area (TPSA) is 130 Å². The number of carbonyl (C=O) groups is 2. The molecule has 32 heavy (non-hydrogen) atoms. The Morgan fingerprint density at radius 2 is 2.06 bits per heavy atom. The van der Waals surface area contributed by atoms with Crippen LogP contribution in [0.25, 0.3) is 11.0 Å². The molecular weight excluding hydrogens is 427 g/mol. The van der Waals surface area contributed by atoms with Gasteiger partial charge in [0.15, 0.2) is 5.92 Å². The standard InChI is InChI=1S/C20H20F3N7O2/c1-30-8-2-3-13(30)19(32)26-10-4-5-11-12(9-10)28-18(27-11)15(16(24)31)17-25-7-6-14(29-17)20(21,22)23/h4-7,9,13,15H,2-3,8H2,1H3,(H2,24,31)(H,26,32)(H,27,28)/t13-,15?/m0/s1. The number of likely N-dealkylation sites (N-methyl/N-ethyl adjacent to an activating group) is 1. The van der Waals surface area contributed by atoms with E-state index in [0.29, 0.717) is 22.8 Å². The van der Waals surface area contributed by atoms with E-state index >= 15 is 0 Å². The van der Waals surface area contributed by atoms with E-state index in [1.54, 1.807) is 18.2 Å². The van der Waals surface area contributed by atoms with E-state index in [-0.39, 0.29) is 17.8 Å². The van der Waals surface area contributed by atoms with E-state index in [0.717, 1.165) is 25.6 Å². The number of nitrogens with zero attached hydrogens (tertiary/aromatic N) is 4. The minimum Gasteiger partial charge on any atom is -0.369 e. The Morgan fingerprint density at radius 1 is 1.28 bits per heavy atom. The van der Waals surface area contributed by atoms with Crippen LogP contribution in [0.1, 0.15) is 36.1 Å². The summed E-state index contributed by atoms with van der Waals surface area (Å²) in [6.45, 7) is 0.854. The van der Waals surface area contributed by atoms with Crippen molar-refractivity contribution in [3.8, 4) is 0 Å². The van der Waals surface area contributed by atoms with Crippen LogP contribution in [-0.4, -0.2) is 56.3 Å². The molecule has 2 aromatic heterocycles. The van der Waals surface area contributed by atoms with Crippen molar-refractivity contribution in [3.05, 3.63) is 47.8 Å². The number of likely N-dealkylation sites (tertiary alicyclic amines) is 1. The molecule has 9 nitrogen and oxygen atoms in total. The third kappa shape index (κ3) is 4.26. The number of carbonyl (C=O) groups excluding carboxylic acids is 2. The number of benzene rings is 1. The van der Waals surface area contributed by atoms with Gasteiger partial charge in [-0.1, -0.05) is 0 Å². The van der Waals surface area contributed by atoms with Gasteiger partial charge in [0.05, 0.1) is 17.1 Å². The number of primary amides is 1. The molecule has 4 N–H and O–H groups in total. The Hall–Kier alpha value is -3.54. The third-order valence-corrected chi connectivity index (χ3v) is 5.37. The Balaban J connectivity index is 1.63. The monoisotopic (exact) mass is 447 g/mol. The van der Waals surface area contributed by atoms with Crippen LogP contribution < -0.4 is 11.1 Å². The summed E-state index contributed by atoms with van der Waals surface area (Å²) >= 11 is 0. The van der Waals surface area contributed by atoms with Crippen molar-refractivity contribution in [1.29, 1.82) is 0 Å². The first-order valence-electron chi connectivity index (χ1n) is 9.83. The van der Waals surface area contributed by atoms with Gasteiger partial charge in [0, 0.05) is 11.9 Å². The predicted molar refractivity (Wildman–Crippen MR) is 108 cm³/mol. The maximum Gasteiger partial charge on any atom is 0.433 e. The second kappa shape index (κ2) is 8.19. The van der Waals surface area contributed by atoms with E-state index in [2.05, 4.69) is 25.3 Å². The molecule has 2 amide bonds. The van der Waals surface area contributed by atoms with Gasteiger partial charge >= 0.3 is 6.18 Å². The number of nitrogens with one attached hydrogen (secondary N) is 2. The number of H-pyrrole nitrogens is 1. The van der Waals surface area contributed by atoms with Crippen LogP contribution in [0, 0.1) is 0 Å². The Bertz CT molecular complexity index is 1180. The quantitative estimate of drug-likeness (QED) is 0.549. The van der Waals surface area contributed by atoms with Crippen molar-refractivity contribution in [2.24, 2.45) is 5.73 Å². The zero-order valence-corrected chi connectivity index (χ0v) is 17.0. The SMILES string of the molecule is CN1CCC[C@H]1C(=O)Nc1ccc2nc(C(C(N)=O)c3nccc(C(F)(F)F)n3)[nH]c2c1. The fraction of sp³-hybridized carbons (Fsp3) is 0.350. The molecule has 1 saturated heterocycles. The van der Waals surface area contributed by atoms with Crippen molar-refractivity contribution in [2.75, 3.05) is 18.9 Å². The van der Waals surface area contributed by atoms with Gasteiger partial charge in [-0.25, -0.2) is 15.0 Å². The maximum absolute atomic E-state index is 13.0. The van der Waals surface area contributed by atoms with Gasteiger partial charge in [0.1, 0.15) is 17.3 Å². The molecule has 3 heterocycles. The van der Waals surface area contributed by atoms with Gasteiger partial charge in [0.25, 0.3) is 0 Å². The molecule has 0 radical (unpaired) electrons. The number of hydrogen-bond donors (Lipinski definition) is 3. The Kier molecular flexibility index (Phi) is 5.55. The fourth-order valence-corrected chi connectivity index (χ4v) is 3.77. The van der Waals surface area contributed by atoms with Crippen molar-refractivity contribution in [1.82, 2.24) is 24.8 Å². The molecule has 0 spiro atoms. The minimum absolute atomic E-state index is 0.00540. The van der Waals surface area contributed by atoms with E-state index in [9.17, 15) is 22.8 Å². The molecule has 1 fully saturated rings. The van der Waals surface area contributed by atoms with Crippen molar-refractivity contribution >= 4 is 28.5 Å². The molecule has 1 unspecified atom stereocenters. The Labute approximate surface area is 180 Å².